The summed E-state index contributed by atoms with van der Waals surface area (Å²) >= 11 is 0. The minimum absolute atomic E-state index is 0.0703. The van der Waals surface area contributed by atoms with Crippen molar-refractivity contribution in [1.29, 1.82) is 0 Å². The Labute approximate surface area is 239 Å². The van der Waals surface area contributed by atoms with E-state index in [1.807, 2.05) is 34.6 Å². The van der Waals surface area contributed by atoms with Crippen LogP contribution >= 0.6 is 0 Å². The van der Waals surface area contributed by atoms with Crippen LogP contribution in [0.4, 0.5) is 5.95 Å². The maximum Gasteiger partial charge on any atom is 0.247 e. The van der Waals surface area contributed by atoms with Gasteiger partial charge in [-0.25, -0.2) is 4.98 Å². The topological polar surface area (TPSA) is 99.8 Å². The molecule has 0 bridgehead atoms. The molecule has 9 nitrogen and oxygen atoms in total. The fourth-order valence-electron chi connectivity index (χ4n) is 7.25. The van der Waals surface area contributed by atoms with Crippen LogP contribution in [0.1, 0.15) is 56.6 Å². The fourth-order valence-corrected chi connectivity index (χ4v) is 7.25. The van der Waals surface area contributed by atoms with Crippen molar-refractivity contribution in [3.8, 4) is 24.0 Å². The maximum atomic E-state index is 10.8. The Hall–Kier alpha value is -3.87. The third-order valence-corrected chi connectivity index (χ3v) is 9.21. The summed E-state index contributed by atoms with van der Waals surface area (Å²) in [5, 5.41) is 23.2. The number of ether oxygens (including phenoxy) is 1. The molecule has 0 aliphatic carbocycles. The van der Waals surface area contributed by atoms with Gasteiger partial charge in [0.1, 0.15) is 12.4 Å². The minimum atomic E-state index is -0.808. The number of piperidine rings is 1. The van der Waals surface area contributed by atoms with E-state index in [1.54, 1.807) is 18.5 Å². The maximum absolute atomic E-state index is 10.8. The quantitative estimate of drug-likeness (QED) is 0.346. The first-order valence-electron chi connectivity index (χ1n) is 14.6. The zero-order valence-electron chi connectivity index (χ0n) is 23.5. The van der Waals surface area contributed by atoms with Gasteiger partial charge in [0.05, 0.1) is 24.0 Å². The summed E-state index contributed by atoms with van der Waals surface area (Å²) < 4.78 is 8.52. The van der Waals surface area contributed by atoms with E-state index >= 15 is 0 Å². The number of terminal acetylenes is 1. The molecule has 2 aromatic heterocycles. The smallest absolute Gasteiger partial charge is 0.247 e. The lowest BCUT2D eigenvalue weighted by molar-refractivity contribution is 0.0444. The summed E-state index contributed by atoms with van der Waals surface area (Å²) in [6.45, 7) is 6.31. The number of fused-ring (bicyclic) bond motifs is 3. The number of anilines is 1. The van der Waals surface area contributed by atoms with Gasteiger partial charge in [0.15, 0.2) is 11.2 Å². The molecule has 7 rings (SSSR count). The number of rotatable bonds is 6. The lowest BCUT2D eigenvalue weighted by atomic mass is 9.95. The molecule has 3 aliphatic heterocycles. The van der Waals surface area contributed by atoms with Gasteiger partial charge in [-0.2, -0.15) is 9.97 Å². The number of phenols is 1. The lowest BCUT2D eigenvalue weighted by Crippen LogP contribution is -2.47. The highest BCUT2D eigenvalue weighted by molar-refractivity contribution is 5.92. The van der Waals surface area contributed by atoms with E-state index in [0.29, 0.717) is 42.7 Å². The molecule has 3 aliphatic rings. The number of imidazole rings is 1. The number of aromatic nitrogens is 4. The Kier molecular flexibility index (Phi) is 6.29. The summed E-state index contributed by atoms with van der Waals surface area (Å²) in [4.78, 5) is 19.2. The summed E-state index contributed by atoms with van der Waals surface area (Å²) in [6, 6.07) is 9.26. The Bertz CT molecular complexity index is 1660. The molecule has 0 radical (unpaired) electrons. The number of nitrogens with zero attached hydrogens (tertiary/aromatic N) is 6. The molecule has 2 N–H and O–H groups in total. The highest BCUT2D eigenvalue weighted by Gasteiger charge is 2.45. The highest BCUT2D eigenvalue weighted by atomic mass is 16.5. The molecule has 4 aromatic rings. The lowest BCUT2D eigenvalue weighted by Gasteiger charge is -2.37. The average molecular weight is 553 g/mol. The van der Waals surface area contributed by atoms with E-state index in [1.165, 1.54) is 12.8 Å². The van der Waals surface area contributed by atoms with Crippen molar-refractivity contribution in [3.63, 3.8) is 0 Å². The van der Waals surface area contributed by atoms with E-state index in [9.17, 15) is 10.2 Å². The van der Waals surface area contributed by atoms with E-state index in [4.69, 9.17) is 26.1 Å². The van der Waals surface area contributed by atoms with Crippen LogP contribution in [-0.4, -0.2) is 78.6 Å². The molecule has 41 heavy (non-hydrogen) atoms. The van der Waals surface area contributed by atoms with E-state index in [2.05, 4.69) is 10.8 Å². The molecule has 0 saturated carbocycles. The number of phenolic OH excluding ortho intramolecular Hbond substituents is 1. The Morgan fingerprint density at radius 2 is 1.88 bits per heavy atom. The van der Waals surface area contributed by atoms with Gasteiger partial charge in [-0.15, -0.1) is 6.42 Å². The van der Waals surface area contributed by atoms with Crippen LogP contribution in [-0.2, 0) is 6.54 Å². The second kappa shape index (κ2) is 9.89. The van der Waals surface area contributed by atoms with Crippen LogP contribution in [0.3, 0.4) is 0 Å². The van der Waals surface area contributed by atoms with Crippen LogP contribution in [0.2, 0.25) is 0 Å². The molecule has 9 heteroatoms. The highest BCUT2D eigenvalue weighted by Crippen LogP contribution is 2.40. The van der Waals surface area contributed by atoms with Gasteiger partial charge >= 0.3 is 0 Å². The summed E-state index contributed by atoms with van der Waals surface area (Å²) in [6.07, 6.45) is 13.9. The van der Waals surface area contributed by atoms with Crippen molar-refractivity contribution in [2.75, 3.05) is 37.7 Å². The molecule has 2 aromatic carbocycles. The average Bonchev–Trinajstić information content (AvgIpc) is 3.65. The SMILES string of the molecule is C#Cc1cccc2cc(O)cc(Cn3cnc4c(OCC56CCCN5CCC6)nc(N5CCC[C@@](C)(O)C5)nc43)c12. The third-order valence-electron chi connectivity index (χ3n) is 9.21. The summed E-state index contributed by atoms with van der Waals surface area (Å²) in [7, 11) is 0. The van der Waals surface area contributed by atoms with Gasteiger partial charge in [0.25, 0.3) is 0 Å². The molecule has 1 atom stereocenters. The first kappa shape index (κ1) is 26.1. The zero-order chi connectivity index (χ0) is 28.2. The summed E-state index contributed by atoms with van der Waals surface area (Å²) in [5.74, 6) is 3.98. The van der Waals surface area contributed by atoms with Gasteiger partial charge in [-0.05, 0) is 87.7 Å². The Morgan fingerprint density at radius 3 is 2.66 bits per heavy atom. The molecule has 0 spiro atoms. The summed E-state index contributed by atoms with van der Waals surface area (Å²) in [5.41, 5.74) is 2.17. The molecule has 5 heterocycles. The van der Waals surface area contributed by atoms with Gasteiger partial charge < -0.3 is 24.4 Å². The molecule has 0 amide bonds. The number of hydrogen-bond acceptors (Lipinski definition) is 8. The second-order valence-electron chi connectivity index (χ2n) is 12.3. The van der Waals surface area contributed by atoms with E-state index in [0.717, 1.165) is 67.2 Å². The zero-order valence-corrected chi connectivity index (χ0v) is 23.5. The number of aliphatic hydroxyl groups is 1. The normalized spacial score (nSPS) is 22.3. The van der Waals surface area contributed by atoms with Crippen LogP contribution in [0, 0.1) is 12.3 Å². The van der Waals surface area contributed by atoms with E-state index in [-0.39, 0.29) is 11.3 Å². The number of aromatic hydroxyl groups is 1. The predicted octanol–water partition coefficient (Wildman–Crippen LogP) is 4.07. The van der Waals surface area contributed by atoms with Crippen molar-refractivity contribution in [2.24, 2.45) is 0 Å². The number of β-amino-alcohol motifs (C(OH)–C–C–N with tert-alkyl or cyclic N) is 1. The molecule has 3 fully saturated rings. The number of benzene rings is 2. The van der Waals surface area contributed by atoms with Crippen LogP contribution < -0.4 is 9.64 Å². The molecular weight excluding hydrogens is 516 g/mol. The van der Waals surface area contributed by atoms with Gasteiger partial charge in [0, 0.05) is 24.0 Å². The van der Waals surface area contributed by atoms with E-state index < -0.39 is 5.60 Å². The predicted molar refractivity (Wildman–Crippen MR) is 158 cm³/mol. The first-order valence-corrected chi connectivity index (χ1v) is 14.6. The standard InChI is InChI=1S/C32H36N6O3/c1-3-22-8-4-9-23-16-25(39)17-24(26(22)23)18-37-21-33-27-28(37)34-30(36-13-5-10-31(2,40)19-36)35-29(27)41-20-32-11-6-14-38(32)15-7-12-32/h1,4,8-9,16-17,21,39-40H,5-7,10-15,18-20H2,2H3/t31-/m1/s1. The fraction of sp³-hybridized carbons (Fsp3) is 0.469. The molecular formula is C32H36N6O3. The largest absolute Gasteiger partial charge is 0.508 e. The van der Waals surface area contributed by atoms with Crippen LogP contribution in [0.25, 0.3) is 21.9 Å². The van der Waals surface area contributed by atoms with Gasteiger partial charge in [-0.1, -0.05) is 18.1 Å². The van der Waals surface area contributed by atoms with Crippen molar-refractivity contribution >= 4 is 27.9 Å². The molecule has 212 valence electrons. The van der Waals surface area contributed by atoms with Gasteiger partial charge in [0.2, 0.25) is 11.8 Å². The Balaban J connectivity index is 1.31. The first-order chi connectivity index (χ1) is 19.8. The Morgan fingerprint density at radius 1 is 1.07 bits per heavy atom. The van der Waals surface area contributed by atoms with Crippen molar-refractivity contribution < 1.29 is 14.9 Å². The second-order valence-corrected chi connectivity index (χ2v) is 12.3. The van der Waals surface area contributed by atoms with Crippen LogP contribution in [0.5, 0.6) is 11.6 Å². The van der Waals surface area contributed by atoms with Crippen molar-refractivity contribution in [3.05, 3.63) is 47.8 Å². The van der Waals surface area contributed by atoms with Crippen molar-refractivity contribution in [2.45, 2.75) is 63.1 Å². The monoisotopic (exact) mass is 552 g/mol. The molecule has 0 unspecified atom stereocenters. The van der Waals surface area contributed by atoms with Gasteiger partial charge in [-0.3, -0.25) is 4.90 Å². The minimum Gasteiger partial charge on any atom is -0.508 e. The number of hydrogen-bond donors (Lipinski definition) is 2. The third kappa shape index (κ3) is 4.65. The molecule has 3 saturated heterocycles. The van der Waals surface area contributed by atoms with Crippen LogP contribution in [0.15, 0.2) is 36.7 Å². The van der Waals surface area contributed by atoms with Crippen molar-refractivity contribution in [1.82, 2.24) is 24.4 Å².